The Balaban J connectivity index is 3.13. The zero-order valence-corrected chi connectivity index (χ0v) is 3.60. The fourth-order valence-electron chi connectivity index (χ4n) is 0.186. The summed E-state index contributed by atoms with van der Waals surface area (Å²) in [6.45, 7) is 0. The van der Waals surface area contributed by atoms with E-state index in [0.717, 1.165) is 0 Å². The lowest BCUT2D eigenvalue weighted by Crippen LogP contribution is -1.39. The molecule has 1 rings (SSSR count). The Bertz CT molecular complexity index is 63.4. The van der Waals surface area contributed by atoms with Crippen molar-refractivity contribution < 1.29 is 0 Å². The normalized spacial score (nSPS) is 9.60. The van der Waals surface area contributed by atoms with E-state index in [0.29, 0.717) is 8.19 Å². The van der Waals surface area contributed by atoms with E-state index in [2.05, 4.69) is 10.9 Å². The second kappa shape index (κ2) is 1.23. The van der Waals surface area contributed by atoms with Crippen LogP contribution in [0.15, 0.2) is 12.0 Å². The van der Waals surface area contributed by atoms with Crippen LogP contribution in [0.1, 0.15) is 0 Å². The first-order valence-corrected chi connectivity index (χ1v) is 2.43. The quantitative estimate of drug-likeness (QED) is 0.455. The van der Waals surface area contributed by atoms with Gasteiger partial charge in [-0.1, -0.05) is 0 Å². The summed E-state index contributed by atoms with van der Waals surface area (Å²) in [5.41, 5.74) is 0. The summed E-state index contributed by atoms with van der Waals surface area (Å²) >= 11 is 0. The fraction of sp³-hybridized carbons (Fsp3) is 0. The third-order valence-corrected chi connectivity index (χ3v) is 0.935. The number of hydrogen-bond acceptors (Lipinski definition) is 1. The van der Waals surface area contributed by atoms with E-state index < -0.39 is 0 Å². The van der Waals surface area contributed by atoms with Crippen LogP contribution in [0, 0.1) is 5.93 Å². The zero-order valence-electron chi connectivity index (χ0n) is 2.60. The third-order valence-electron chi connectivity index (χ3n) is 0.362. The van der Waals surface area contributed by atoms with Gasteiger partial charge >= 0.3 is 0 Å². The molecule has 0 aromatic carbocycles. The molecule has 0 fully saturated rings. The molecule has 0 aliphatic rings. The number of rotatable bonds is 0. The average Bonchev–Trinajstić information content (AvgIpc) is 1.76. The monoisotopic (exact) mass is 84.0 g/mol. The van der Waals surface area contributed by atoms with Gasteiger partial charge in [0, 0.05) is 6.20 Å². The molecule has 1 radical (unpaired) electrons. The van der Waals surface area contributed by atoms with Crippen LogP contribution in [0.5, 0.6) is 0 Å². The molecule has 2 heteroatoms. The van der Waals surface area contributed by atoms with Crippen LogP contribution in [-0.2, 0) is 0 Å². The van der Waals surface area contributed by atoms with Crippen LogP contribution in [0.4, 0.5) is 0 Å². The Morgan fingerprint density at radius 1 is 1.80 bits per heavy atom. The molecule has 0 amide bonds. The fourth-order valence-corrected chi connectivity index (χ4v) is 0.559. The van der Waals surface area contributed by atoms with Crippen molar-refractivity contribution in [2.24, 2.45) is 0 Å². The van der Waals surface area contributed by atoms with E-state index in [1.165, 1.54) is 0 Å². The first-order chi connectivity index (χ1) is 2.50. The Labute approximate surface area is 32.1 Å². The molecule has 0 spiro atoms. The van der Waals surface area contributed by atoms with Crippen LogP contribution in [0.3, 0.4) is 0 Å². The van der Waals surface area contributed by atoms with Crippen molar-refractivity contribution in [3.8, 4) is 0 Å². The van der Waals surface area contributed by atoms with Crippen molar-refractivity contribution in [1.82, 2.24) is 4.98 Å². The van der Waals surface area contributed by atoms with E-state index in [9.17, 15) is 0 Å². The van der Waals surface area contributed by atoms with Gasteiger partial charge in [-0.25, -0.2) is 4.98 Å². The van der Waals surface area contributed by atoms with Gasteiger partial charge in [-0.05, 0) is 5.80 Å². The highest BCUT2D eigenvalue weighted by Gasteiger charge is 1.59. The predicted molar refractivity (Wildman–Crippen MR) is 22.6 cm³/mol. The number of hydrogen-bond donors (Lipinski definition) is 0. The molecule has 0 aliphatic heterocycles. The molecule has 1 atom stereocenters. The van der Waals surface area contributed by atoms with Crippen molar-refractivity contribution in [3.63, 3.8) is 0 Å². The summed E-state index contributed by atoms with van der Waals surface area (Å²) in [4.78, 5) is 3.67. The second-order valence-corrected chi connectivity index (χ2v) is 1.55. The minimum Gasteiger partial charge on any atom is -0.250 e. The second-order valence-electron chi connectivity index (χ2n) is 0.701. The molecule has 1 nitrogen and oxygen atoms in total. The average molecular weight is 84.0 g/mol. The van der Waals surface area contributed by atoms with Gasteiger partial charge in [-0.15, -0.1) is 8.19 Å². The Morgan fingerprint density at radius 2 is 2.80 bits per heavy atom. The Hall–Kier alpha value is -0.290. The number of nitrogens with zero attached hydrogens (tertiary/aromatic N) is 1. The maximum absolute atomic E-state index is 3.67. The van der Waals surface area contributed by atoms with Gasteiger partial charge in [0.15, 0.2) is 0 Å². The molecule has 0 N–H and O–H groups in total. The summed E-state index contributed by atoms with van der Waals surface area (Å²) in [7, 11) is 0.711. The van der Waals surface area contributed by atoms with E-state index in [1.807, 2.05) is 5.80 Å². The third kappa shape index (κ3) is 0.489. The van der Waals surface area contributed by atoms with Crippen LogP contribution in [0.2, 0.25) is 0 Å². The lowest BCUT2D eigenvalue weighted by Gasteiger charge is -1.40. The smallest absolute Gasteiger partial charge is 0.108 e. The summed E-state index contributed by atoms with van der Waals surface area (Å²) in [6, 6.07) is 0. The minimum absolute atomic E-state index is 0.711. The van der Waals surface area contributed by atoms with Crippen molar-refractivity contribution in [3.05, 3.63) is 17.9 Å². The van der Waals surface area contributed by atoms with Gasteiger partial charge in [-0.2, -0.15) is 0 Å². The highest BCUT2D eigenvalue weighted by molar-refractivity contribution is 7.27. The lowest BCUT2D eigenvalue weighted by molar-refractivity contribution is 1.41. The van der Waals surface area contributed by atoms with Crippen molar-refractivity contribution in [2.45, 2.75) is 0 Å². The molecule has 1 unspecified atom stereocenters. The largest absolute Gasteiger partial charge is 0.250 e. The predicted octanol–water partition coefficient (Wildman–Crippen LogP) is 0.913. The molecular formula is C3H3NP. The maximum Gasteiger partial charge on any atom is 0.108 e. The van der Waals surface area contributed by atoms with Crippen molar-refractivity contribution in [2.75, 3.05) is 0 Å². The molecule has 1 heterocycles. The molecule has 0 bridgehead atoms. The van der Waals surface area contributed by atoms with Gasteiger partial charge in [-0.3, -0.25) is 0 Å². The van der Waals surface area contributed by atoms with E-state index in [1.54, 1.807) is 6.20 Å². The van der Waals surface area contributed by atoms with Gasteiger partial charge in [0.25, 0.3) is 0 Å². The van der Waals surface area contributed by atoms with Crippen LogP contribution >= 0.6 is 8.19 Å². The van der Waals surface area contributed by atoms with E-state index >= 15 is 0 Å². The highest BCUT2D eigenvalue weighted by Crippen LogP contribution is 1.94. The first-order valence-electron chi connectivity index (χ1n) is 1.35. The van der Waals surface area contributed by atoms with Gasteiger partial charge in [0.2, 0.25) is 0 Å². The van der Waals surface area contributed by atoms with E-state index in [4.69, 9.17) is 0 Å². The number of aromatic nitrogens is 1. The van der Waals surface area contributed by atoms with Crippen molar-refractivity contribution >= 4 is 8.19 Å². The van der Waals surface area contributed by atoms with Crippen molar-refractivity contribution in [1.29, 1.82) is 0 Å². The van der Waals surface area contributed by atoms with Crippen LogP contribution < -0.4 is 0 Å². The Kier molecular flexibility index (Phi) is 0.718. The minimum atomic E-state index is 0.711. The Morgan fingerprint density at radius 3 is 3.00 bits per heavy atom. The van der Waals surface area contributed by atoms with Crippen LogP contribution in [-0.4, -0.2) is 4.98 Å². The molecule has 0 aliphatic carbocycles. The summed E-state index contributed by atoms with van der Waals surface area (Å²) in [5, 5.41) is 0. The SMILES string of the molecule is [c]1ncc[pH]1. The summed E-state index contributed by atoms with van der Waals surface area (Å²) in [5.74, 6) is 4.75. The standard InChI is InChI=1S/C3H3NP/c1-2-5-3-4-1/h1-2,5H. The molecule has 25 valence electrons. The molecule has 0 saturated carbocycles. The maximum atomic E-state index is 3.67. The molecular weight excluding hydrogens is 81.0 g/mol. The summed E-state index contributed by atoms with van der Waals surface area (Å²) < 4.78 is 0. The summed E-state index contributed by atoms with van der Waals surface area (Å²) in [6.07, 6.45) is 1.76. The molecule has 1 aromatic rings. The molecule has 1 aromatic heterocycles. The van der Waals surface area contributed by atoms with Gasteiger partial charge in [0.1, 0.15) is 5.93 Å². The van der Waals surface area contributed by atoms with Gasteiger partial charge < -0.3 is 0 Å². The lowest BCUT2D eigenvalue weighted by atomic mass is 11.0. The zero-order chi connectivity index (χ0) is 3.54. The molecule has 5 heavy (non-hydrogen) atoms. The van der Waals surface area contributed by atoms with E-state index in [-0.39, 0.29) is 0 Å². The first kappa shape index (κ1) is 2.92. The topological polar surface area (TPSA) is 12.9 Å². The molecule has 0 saturated heterocycles. The van der Waals surface area contributed by atoms with Crippen LogP contribution in [0.25, 0.3) is 0 Å². The van der Waals surface area contributed by atoms with Gasteiger partial charge in [0.05, 0.1) is 0 Å². The highest BCUT2D eigenvalue weighted by atomic mass is 31.0.